The lowest BCUT2D eigenvalue weighted by Gasteiger charge is -2.43. The largest absolute Gasteiger partial charge is 0.507 e. The third kappa shape index (κ3) is 10.9. The first-order valence-electron chi connectivity index (χ1n) is 19.0. The topological polar surface area (TPSA) is 138 Å². The number of amides is 5. The van der Waals surface area contributed by atoms with Gasteiger partial charge in [-0.1, -0.05) is 31.2 Å². The highest BCUT2D eigenvalue weighted by atomic mass is 79.9. The maximum absolute atomic E-state index is 13.0. The molecule has 14 nitrogen and oxygen atoms in total. The Labute approximate surface area is 327 Å². The molecule has 4 heterocycles. The van der Waals surface area contributed by atoms with E-state index in [4.69, 9.17) is 9.57 Å². The number of urea groups is 1. The van der Waals surface area contributed by atoms with Crippen molar-refractivity contribution < 1.29 is 33.9 Å². The van der Waals surface area contributed by atoms with E-state index >= 15 is 0 Å². The summed E-state index contributed by atoms with van der Waals surface area (Å²) in [6.07, 6.45) is 4.80. The highest BCUT2D eigenvalue weighted by Gasteiger charge is 2.33. The lowest BCUT2D eigenvalue weighted by Crippen LogP contribution is -2.55. The number of carbonyl (C=O) groups excluding carboxylic acids is 4. The fourth-order valence-electron chi connectivity index (χ4n) is 7.79. The van der Waals surface area contributed by atoms with Crippen LogP contribution in [0.3, 0.4) is 0 Å². The number of carbonyl (C=O) groups is 4. The van der Waals surface area contributed by atoms with Crippen LogP contribution in [0.1, 0.15) is 43.7 Å². The van der Waals surface area contributed by atoms with Crippen LogP contribution >= 0.6 is 15.9 Å². The lowest BCUT2D eigenvalue weighted by molar-refractivity contribution is -0.170. The van der Waals surface area contributed by atoms with Crippen molar-refractivity contribution in [2.45, 2.75) is 57.5 Å². The molecule has 0 spiro atoms. The number of ether oxygens (including phenoxy) is 1. The Morgan fingerprint density at radius 3 is 2.20 bits per heavy atom. The van der Waals surface area contributed by atoms with Crippen molar-refractivity contribution >= 4 is 45.6 Å². The number of para-hydroxylation sites is 1. The first kappa shape index (κ1) is 41.2. The molecule has 0 unspecified atom stereocenters. The Morgan fingerprint density at radius 2 is 1.56 bits per heavy atom. The number of benzene rings is 2. The van der Waals surface area contributed by atoms with Crippen molar-refractivity contribution in [1.82, 2.24) is 29.6 Å². The number of piperidine rings is 2. The number of rotatable bonds is 8. The molecule has 15 heteroatoms. The third-order valence-corrected chi connectivity index (χ3v) is 11.8. The molecule has 3 saturated heterocycles. The van der Waals surface area contributed by atoms with Gasteiger partial charge in [-0.05, 0) is 83.8 Å². The first-order chi connectivity index (χ1) is 26.0. The fourth-order valence-corrected chi connectivity index (χ4v) is 8.21. The summed E-state index contributed by atoms with van der Waals surface area (Å²) in [6.45, 7) is 9.60. The lowest BCUT2D eigenvalue weighted by atomic mass is 9.97. The average molecular weight is 815 g/mol. The van der Waals surface area contributed by atoms with Crippen molar-refractivity contribution in [2.75, 3.05) is 92.0 Å². The Kier molecular flexibility index (Phi) is 15.0. The number of aromatic hydroxyl groups is 1. The molecule has 0 aromatic heterocycles. The van der Waals surface area contributed by atoms with Gasteiger partial charge in [0.2, 0.25) is 5.91 Å². The summed E-state index contributed by atoms with van der Waals surface area (Å²) in [6, 6.07) is 14.0. The monoisotopic (exact) mass is 813 g/mol. The third-order valence-electron chi connectivity index (χ3n) is 11.1. The number of nitrogens with zero attached hydrogens (tertiary/aromatic N) is 6. The van der Waals surface area contributed by atoms with Crippen molar-refractivity contribution in [3.63, 3.8) is 0 Å². The average Bonchev–Trinajstić information content (AvgIpc) is 3.37. The molecular formula is C39H56BrN7O7. The summed E-state index contributed by atoms with van der Waals surface area (Å²) < 4.78 is 5.41. The summed E-state index contributed by atoms with van der Waals surface area (Å²) >= 11 is 3.34. The SMILES string of the molecule is COC(=O)N1CCC(N2CCc3ccccc3NC2=O)CC1.CON(C)C(=O)CN1CCN(C2CCN(C(=O)[C@H](C)Cc3ccc(O)c(Br)c3)CC2)CC1. The number of nitrogens with one attached hydrogen (secondary N) is 1. The summed E-state index contributed by atoms with van der Waals surface area (Å²) in [5.74, 6) is 0.304. The number of likely N-dealkylation sites (N-methyl/N-ethyl adjacent to an activating group) is 1. The zero-order valence-electron chi connectivity index (χ0n) is 32.0. The van der Waals surface area contributed by atoms with E-state index in [-0.39, 0.29) is 41.6 Å². The van der Waals surface area contributed by atoms with Crippen LogP contribution in [0.5, 0.6) is 5.75 Å². The molecule has 3 fully saturated rings. The van der Waals surface area contributed by atoms with Crippen LogP contribution in [0.25, 0.3) is 0 Å². The second kappa shape index (κ2) is 19.6. The van der Waals surface area contributed by atoms with Crippen LogP contribution in [-0.2, 0) is 32.0 Å². The second-order valence-corrected chi connectivity index (χ2v) is 15.4. The predicted molar refractivity (Wildman–Crippen MR) is 209 cm³/mol. The van der Waals surface area contributed by atoms with Crippen LogP contribution in [0, 0.1) is 5.92 Å². The van der Waals surface area contributed by atoms with Crippen molar-refractivity contribution in [1.29, 1.82) is 0 Å². The number of anilines is 1. The van der Waals surface area contributed by atoms with E-state index in [1.807, 2.05) is 47.1 Å². The molecule has 2 aromatic rings. The Bertz CT molecular complexity index is 1590. The van der Waals surface area contributed by atoms with Gasteiger partial charge < -0.3 is 29.9 Å². The number of hydrogen-bond acceptors (Lipinski definition) is 9. The van der Waals surface area contributed by atoms with Crippen molar-refractivity contribution in [3.05, 3.63) is 58.1 Å². The van der Waals surface area contributed by atoms with Gasteiger partial charge in [-0.2, -0.15) is 0 Å². The Morgan fingerprint density at radius 1 is 0.907 bits per heavy atom. The number of halogens is 1. The number of hydrogen-bond donors (Lipinski definition) is 2. The molecule has 6 rings (SSSR count). The standard InChI is InChI=1S/C23H35BrN4O4.C16H21N3O3/c1-17(14-18-4-5-21(29)20(24)15-18)23(31)28-8-6-19(7-9-28)27-12-10-26(11-13-27)16-22(30)25(2)32-3;1-22-16(21)18-9-7-13(8-10-18)19-11-6-12-4-2-3-5-14(12)17-15(19)20/h4-5,15,17,19,29H,6-14,16H2,1-3H3;2-5,13H,6-11H2,1H3,(H,17,20)/t17-;/m1./s1. The Balaban J connectivity index is 0.000000222. The van der Waals surface area contributed by atoms with Crippen molar-refractivity contribution in [3.8, 4) is 5.75 Å². The van der Waals surface area contributed by atoms with Crippen LogP contribution in [0.4, 0.5) is 15.3 Å². The molecule has 0 saturated carbocycles. The van der Waals surface area contributed by atoms with Gasteiger partial charge >= 0.3 is 12.1 Å². The van der Waals surface area contributed by atoms with E-state index in [1.54, 1.807) is 18.0 Å². The van der Waals surface area contributed by atoms with Crippen molar-refractivity contribution in [2.24, 2.45) is 5.92 Å². The first-order valence-corrected chi connectivity index (χ1v) is 19.8. The maximum Gasteiger partial charge on any atom is 0.409 e. The summed E-state index contributed by atoms with van der Waals surface area (Å²) in [5.41, 5.74) is 3.12. The second-order valence-electron chi connectivity index (χ2n) is 14.6. The molecule has 0 bridgehead atoms. The number of methoxy groups -OCH3 is 1. The molecule has 1 atom stereocenters. The van der Waals surface area contributed by atoms with Gasteiger partial charge in [0.1, 0.15) is 5.75 Å². The molecule has 4 aliphatic heterocycles. The predicted octanol–water partition coefficient (Wildman–Crippen LogP) is 4.27. The number of likely N-dealkylation sites (tertiary alicyclic amines) is 2. The molecule has 5 amide bonds. The van der Waals surface area contributed by atoms with Crippen LogP contribution in [-0.4, -0.2) is 157 Å². The van der Waals surface area contributed by atoms with Gasteiger partial charge in [0, 0.05) is 89.6 Å². The number of phenolic OH excluding ortho intramolecular Hbond substituents is 1. The van der Waals surface area contributed by atoms with E-state index in [2.05, 4.69) is 37.1 Å². The molecular weight excluding hydrogens is 758 g/mol. The highest BCUT2D eigenvalue weighted by molar-refractivity contribution is 9.10. The van der Waals surface area contributed by atoms with Gasteiger partial charge in [0.25, 0.3) is 5.91 Å². The van der Waals surface area contributed by atoms with Crippen LogP contribution in [0.15, 0.2) is 46.9 Å². The number of fused-ring (bicyclic) bond motifs is 1. The minimum absolute atomic E-state index is 0.0263. The van der Waals surface area contributed by atoms with Gasteiger partial charge in [0.15, 0.2) is 0 Å². The molecule has 296 valence electrons. The van der Waals surface area contributed by atoms with Gasteiger partial charge in [-0.15, -0.1) is 0 Å². The molecule has 54 heavy (non-hydrogen) atoms. The van der Waals surface area contributed by atoms with E-state index in [0.29, 0.717) is 43.1 Å². The minimum atomic E-state index is -0.286. The summed E-state index contributed by atoms with van der Waals surface area (Å²) in [4.78, 5) is 64.2. The number of phenols is 1. The van der Waals surface area contributed by atoms with E-state index in [9.17, 15) is 24.3 Å². The quantitative estimate of drug-likeness (QED) is 0.375. The molecule has 2 aromatic carbocycles. The fraction of sp³-hybridized carbons (Fsp3) is 0.590. The smallest absolute Gasteiger partial charge is 0.409 e. The van der Waals surface area contributed by atoms with Crippen LogP contribution in [0.2, 0.25) is 0 Å². The van der Waals surface area contributed by atoms with Gasteiger partial charge in [0.05, 0.1) is 25.2 Å². The van der Waals surface area contributed by atoms with Gasteiger partial charge in [-0.3, -0.25) is 24.2 Å². The summed E-state index contributed by atoms with van der Waals surface area (Å²) in [5, 5.41) is 13.9. The van der Waals surface area contributed by atoms with Crippen LogP contribution < -0.4 is 5.32 Å². The molecule has 0 radical (unpaired) electrons. The highest BCUT2D eigenvalue weighted by Crippen LogP contribution is 2.27. The minimum Gasteiger partial charge on any atom is -0.507 e. The van der Waals surface area contributed by atoms with E-state index in [0.717, 1.165) is 82.6 Å². The Hall–Kier alpha value is -3.92. The zero-order valence-corrected chi connectivity index (χ0v) is 33.6. The summed E-state index contributed by atoms with van der Waals surface area (Å²) in [7, 11) is 4.53. The van der Waals surface area contributed by atoms with E-state index in [1.165, 1.54) is 24.8 Å². The normalized spacial score (nSPS) is 19.5. The molecule has 0 aliphatic carbocycles. The molecule has 2 N–H and O–H groups in total. The van der Waals surface area contributed by atoms with Gasteiger partial charge in [-0.25, -0.2) is 14.7 Å². The number of hydroxylamine groups is 2. The maximum atomic E-state index is 13.0. The molecule has 4 aliphatic rings. The van der Waals surface area contributed by atoms with E-state index < -0.39 is 0 Å². The zero-order chi connectivity index (χ0) is 38.8. The number of piperazine rings is 1.